The van der Waals surface area contributed by atoms with Gasteiger partial charge in [-0.05, 0) is 53.4 Å². The van der Waals surface area contributed by atoms with Crippen molar-refractivity contribution >= 4 is 0 Å². The SMILES string of the molecule is C1=CCCCC1.CC(C)OC(C)C. The Balaban J connectivity index is 0.000000223. The second kappa shape index (κ2) is 8.31. The first-order chi connectivity index (χ1) is 6.13. The maximum absolute atomic E-state index is 5.25. The second-order valence-corrected chi connectivity index (χ2v) is 3.99. The minimum absolute atomic E-state index is 0.375. The van der Waals surface area contributed by atoms with E-state index in [9.17, 15) is 0 Å². The summed E-state index contributed by atoms with van der Waals surface area (Å²) in [5, 5.41) is 0. The standard InChI is InChI=1S/C6H14O.C6H10/c1-5(2)7-6(3)4;1-2-4-6-5-3-1/h5-6H,1-4H3;1-2H,3-6H2. The molecule has 0 aliphatic heterocycles. The van der Waals surface area contributed by atoms with Crippen molar-refractivity contribution in [2.75, 3.05) is 0 Å². The molecule has 0 saturated heterocycles. The van der Waals surface area contributed by atoms with Crippen molar-refractivity contribution in [1.29, 1.82) is 0 Å². The Labute approximate surface area is 83.2 Å². The number of allylic oxidation sites excluding steroid dienone is 2. The first-order valence-corrected chi connectivity index (χ1v) is 5.43. The van der Waals surface area contributed by atoms with Crippen LogP contribution in [0, 0.1) is 0 Å². The van der Waals surface area contributed by atoms with Gasteiger partial charge in [-0.3, -0.25) is 0 Å². The van der Waals surface area contributed by atoms with Gasteiger partial charge in [0.1, 0.15) is 0 Å². The number of hydrogen-bond acceptors (Lipinski definition) is 1. The van der Waals surface area contributed by atoms with Crippen LogP contribution in [0.1, 0.15) is 53.4 Å². The third-order valence-corrected chi connectivity index (χ3v) is 1.70. The molecule has 1 aliphatic rings. The van der Waals surface area contributed by atoms with Crippen LogP contribution in [-0.4, -0.2) is 12.2 Å². The van der Waals surface area contributed by atoms with Gasteiger partial charge in [0.15, 0.2) is 0 Å². The van der Waals surface area contributed by atoms with Gasteiger partial charge in [0.2, 0.25) is 0 Å². The quantitative estimate of drug-likeness (QED) is 0.591. The molecule has 1 heteroatoms. The van der Waals surface area contributed by atoms with Crippen LogP contribution in [0.2, 0.25) is 0 Å². The molecule has 0 unspecified atom stereocenters. The van der Waals surface area contributed by atoms with Gasteiger partial charge in [0, 0.05) is 0 Å². The van der Waals surface area contributed by atoms with E-state index in [0.717, 1.165) is 0 Å². The molecular weight excluding hydrogens is 160 g/mol. The number of ether oxygens (including phenoxy) is 1. The Morgan fingerprint density at radius 3 is 1.31 bits per heavy atom. The zero-order valence-electron chi connectivity index (χ0n) is 9.55. The third kappa shape index (κ3) is 11.7. The van der Waals surface area contributed by atoms with Crippen molar-refractivity contribution in [2.45, 2.75) is 65.6 Å². The number of hydrogen-bond donors (Lipinski definition) is 0. The summed E-state index contributed by atoms with van der Waals surface area (Å²) in [6, 6.07) is 0. The summed E-state index contributed by atoms with van der Waals surface area (Å²) in [4.78, 5) is 0. The summed E-state index contributed by atoms with van der Waals surface area (Å²) in [5.74, 6) is 0. The molecule has 0 amide bonds. The largest absolute Gasteiger partial charge is 0.376 e. The monoisotopic (exact) mass is 184 g/mol. The maximum atomic E-state index is 5.25. The Kier molecular flexibility index (Phi) is 8.11. The van der Waals surface area contributed by atoms with Crippen molar-refractivity contribution in [1.82, 2.24) is 0 Å². The van der Waals surface area contributed by atoms with E-state index >= 15 is 0 Å². The Hall–Kier alpha value is -0.300. The lowest BCUT2D eigenvalue weighted by Gasteiger charge is -2.09. The van der Waals surface area contributed by atoms with Crippen molar-refractivity contribution in [3.05, 3.63) is 12.2 Å². The van der Waals surface area contributed by atoms with E-state index in [1.165, 1.54) is 25.7 Å². The average Bonchev–Trinajstić information content (AvgIpc) is 2.06. The van der Waals surface area contributed by atoms with Gasteiger partial charge in [0.25, 0.3) is 0 Å². The van der Waals surface area contributed by atoms with Crippen LogP contribution in [0.3, 0.4) is 0 Å². The van der Waals surface area contributed by atoms with E-state index < -0.39 is 0 Å². The lowest BCUT2D eigenvalue weighted by atomic mass is 10.1. The molecule has 0 aromatic heterocycles. The van der Waals surface area contributed by atoms with Crippen LogP contribution in [0.15, 0.2) is 12.2 Å². The first kappa shape index (κ1) is 12.7. The summed E-state index contributed by atoms with van der Waals surface area (Å²) in [6.07, 6.45) is 10.8. The molecule has 0 saturated carbocycles. The molecule has 0 aromatic rings. The van der Waals surface area contributed by atoms with Crippen molar-refractivity contribution in [2.24, 2.45) is 0 Å². The van der Waals surface area contributed by atoms with Crippen LogP contribution >= 0.6 is 0 Å². The smallest absolute Gasteiger partial charge is 0.0522 e. The van der Waals surface area contributed by atoms with E-state index in [0.29, 0.717) is 12.2 Å². The molecule has 1 nitrogen and oxygen atoms in total. The highest BCUT2D eigenvalue weighted by atomic mass is 16.5. The molecule has 0 bridgehead atoms. The summed E-state index contributed by atoms with van der Waals surface area (Å²) in [6.45, 7) is 8.17. The Bertz CT molecular complexity index is 111. The van der Waals surface area contributed by atoms with Gasteiger partial charge >= 0.3 is 0 Å². The van der Waals surface area contributed by atoms with Crippen LogP contribution in [0.5, 0.6) is 0 Å². The fourth-order valence-corrected chi connectivity index (χ4v) is 1.30. The molecular formula is C12H24O. The zero-order valence-corrected chi connectivity index (χ0v) is 9.55. The maximum Gasteiger partial charge on any atom is 0.0522 e. The number of rotatable bonds is 2. The summed E-state index contributed by atoms with van der Waals surface area (Å²) in [5.41, 5.74) is 0. The molecule has 0 atom stereocenters. The average molecular weight is 184 g/mol. The van der Waals surface area contributed by atoms with Gasteiger partial charge in [-0.25, -0.2) is 0 Å². The van der Waals surface area contributed by atoms with Crippen LogP contribution in [-0.2, 0) is 4.74 Å². The predicted octanol–water partition coefficient (Wildman–Crippen LogP) is 3.94. The first-order valence-electron chi connectivity index (χ1n) is 5.43. The van der Waals surface area contributed by atoms with Crippen LogP contribution in [0.25, 0.3) is 0 Å². The minimum atomic E-state index is 0.375. The van der Waals surface area contributed by atoms with Gasteiger partial charge in [0.05, 0.1) is 12.2 Å². The fraction of sp³-hybridized carbons (Fsp3) is 0.833. The molecule has 0 heterocycles. The molecule has 13 heavy (non-hydrogen) atoms. The van der Waals surface area contributed by atoms with Crippen molar-refractivity contribution in [3.8, 4) is 0 Å². The van der Waals surface area contributed by atoms with Gasteiger partial charge in [-0.15, -0.1) is 0 Å². The topological polar surface area (TPSA) is 9.23 Å². The summed E-state index contributed by atoms with van der Waals surface area (Å²) >= 11 is 0. The Morgan fingerprint density at radius 2 is 1.23 bits per heavy atom. The normalized spacial score (nSPS) is 15.8. The van der Waals surface area contributed by atoms with E-state index in [1.807, 2.05) is 27.7 Å². The third-order valence-electron chi connectivity index (χ3n) is 1.70. The highest BCUT2D eigenvalue weighted by molar-refractivity contribution is 4.85. The molecule has 78 valence electrons. The highest BCUT2D eigenvalue weighted by Crippen LogP contribution is 2.07. The lowest BCUT2D eigenvalue weighted by molar-refractivity contribution is 0.0300. The van der Waals surface area contributed by atoms with Gasteiger partial charge < -0.3 is 4.74 Å². The predicted molar refractivity (Wildman–Crippen MR) is 59.0 cm³/mol. The zero-order chi connectivity index (χ0) is 10.1. The second-order valence-electron chi connectivity index (χ2n) is 3.99. The van der Waals surface area contributed by atoms with E-state index in [2.05, 4.69) is 12.2 Å². The summed E-state index contributed by atoms with van der Waals surface area (Å²) < 4.78 is 5.25. The molecule has 1 aliphatic carbocycles. The van der Waals surface area contributed by atoms with E-state index in [-0.39, 0.29) is 0 Å². The molecule has 0 aromatic carbocycles. The van der Waals surface area contributed by atoms with Crippen LogP contribution < -0.4 is 0 Å². The van der Waals surface area contributed by atoms with Crippen molar-refractivity contribution in [3.63, 3.8) is 0 Å². The molecule has 0 radical (unpaired) electrons. The van der Waals surface area contributed by atoms with Gasteiger partial charge in [-0.1, -0.05) is 12.2 Å². The van der Waals surface area contributed by atoms with E-state index in [1.54, 1.807) is 0 Å². The minimum Gasteiger partial charge on any atom is -0.376 e. The molecule has 0 N–H and O–H groups in total. The van der Waals surface area contributed by atoms with Gasteiger partial charge in [-0.2, -0.15) is 0 Å². The summed E-state index contributed by atoms with van der Waals surface area (Å²) in [7, 11) is 0. The van der Waals surface area contributed by atoms with Crippen molar-refractivity contribution < 1.29 is 4.74 Å². The highest BCUT2D eigenvalue weighted by Gasteiger charge is 1.94. The van der Waals surface area contributed by atoms with E-state index in [4.69, 9.17) is 4.74 Å². The van der Waals surface area contributed by atoms with Crippen LogP contribution in [0.4, 0.5) is 0 Å². The fourth-order valence-electron chi connectivity index (χ4n) is 1.30. The molecule has 0 spiro atoms. The molecule has 1 rings (SSSR count). The lowest BCUT2D eigenvalue weighted by Crippen LogP contribution is -2.09. The Morgan fingerprint density at radius 1 is 0.846 bits per heavy atom. The molecule has 0 fully saturated rings.